The number of nitrogens with zero attached hydrogens (tertiary/aromatic N) is 1. The van der Waals surface area contributed by atoms with Crippen molar-refractivity contribution in [3.63, 3.8) is 0 Å². The monoisotopic (exact) mass is 283 g/mol. The van der Waals surface area contributed by atoms with E-state index in [-0.39, 0.29) is 18.3 Å². The summed E-state index contributed by atoms with van der Waals surface area (Å²) in [6.07, 6.45) is 4.89. The van der Waals surface area contributed by atoms with Crippen molar-refractivity contribution in [2.45, 2.75) is 18.8 Å². The third-order valence-electron chi connectivity index (χ3n) is 3.81. The first-order chi connectivity index (χ1) is 10.3. The predicted molar refractivity (Wildman–Crippen MR) is 78.8 cm³/mol. The van der Waals surface area contributed by atoms with Gasteiger partial charge in [-0.25, -0.2) is 0 Å². The molecule has 0 radical (unpaired) electrons. The number of ketones is 1. The fourth-order valence-electron chi connectivity index (χ4n) is 2.73. The summed E-state index contributed by atoms with van der Waals surface area (Å²) in [5.41, 5.74) is 2.06. The number of benzene rings is 1. The molecule has 4 heteroatoms. The van der Waals surface area contributed by atoms with Gasteiger partial charge in [-0.05, 0) is 18.4 Å². The van der Waals surface area contributed by atoms with Crippen LogP contribution in [-0.4, -0.2) is 24.5 Å². The molecule has 0 amide bonds. The van der Waals surface area contributed by atoms with Crippen LogP contribution >= 0.6 is 0 Å². The van der Waals surface area contributed by atoms with Crippen molar-refractivity contribution in [1.82, 2.24) is 4.98 Å². The summed E-state index contributed by atoms with van der Waals surface area (Å²) in [6, 6.07) is 10.2. The molecule has 1 aliphatic heterocycles. The van der Waals surface area contributed by atoms with Gasteiger partial charge in [0.2, 0.25) is 0 Å². The summed E-state index contributed by atoms with van der Waals surface area (Å²) in [5.74, 6) is 1.19. The van der Waals surface area contributed by atoms with E-state index in [9.17, 15) is 4.79 Å². The van der Waals surface area contributed by atoms with Gasteiger partial charge >= 0.3 is 0 Å². The van der Waals surface area contributed by atoms with E-state index in [0.29, 0.717) is 11.5 Å². The van der Waals surface area contributed by atoms with Crippen LogP contribution in [0.2, 0.25) is 0 Å². The van der Waals surface area contributed by atoms with Crippen LogP contribution in [0, 0.1) is 0 Å². The van der Waals surface area contributed by atoms with Crippen molar-refractivity contribution in [2.24, 2.45) is 0 Å². The number of rotatable bonds is 4. The van der Waals surface area contributed by atoms with E-state index in [1.165, 1.54) is 5.56 Å². The fraction of sp³-hybridized carbons (Fsp3) is 0.294. The number of aryl methyl sites for hydroxylation is 1. The molecule has 21 heavy (non-hydrogen) atoms. The summed E-state index contributed by atoms with van der Waals surface area (Å²) in [6.45, 7) is 0.112. The molecule has 0 aliphatic carbocycles. The molecule has 0 saturated carbocycles. The Morgan fingerprint density at radius 3 is 2.86 bits per heavy atom. The lowest BCUT2D eigenvalue weighted by Gasteiger charge is -2.26. The van der Waals surface area contributed by atoms with Crippen molar-refractivity contribution in [3.05, 3.63) is 53.9 Å². The minimum absolute atomic E-state index is 0.0999. The second kappa shape index (κ2) is 5.95. The Hall–Kier alpha value is -2.36. The normalized spacial score (nSPS) is 17.0. The standard InChI is InChI=1S/C17H17NO3/c1-20-15-9-18-10-16-17(15)13(14(19)11-21-16)8-7-12-5-3-2-4-6-12/h2-6,9-10,13H,7-8,11H2,1H3/t13-/m1/s1. The van der Waals surface area contributed by atoms with E-state index in [0.717, 1.165) is 18.4 Å². The zero-order chi connectivity index (χ0) is 14.7. The number of methoxy groups -OCH3 is 1. The Kier molecular flexibility index (Phi) is 3.86. The maximum Gasteiger partial charge on any atom is 0.177 e. The lowest BCUT2D eigenvalue weighted by atomic mass is 9.87. The van der Waals surface area contributed by atoms with Crippen molar-refractivity contribution in [3.8, 4) is 11.5 Å². The third-order valence-corrected chi connectivity index (χ3v) is 3.81. The van der Waals surface area contributed by atoms with Gasteiger partial charge in [0, 0.05) is 5.56 Å². The second-order valence-electron chi connectivity index (χ2n) is 5.09. The number of hydrogen-bond acceptors (Lipinski definition) is 4. The molecule has 0 fully saturated rings. The number of hydrogen-bond donors (Lipinski definition) is 0. The van der Waals surface area contributed by atoms with Crippen LogP contribution in [0.3, 0.4) is 0 Å². The van der Waals surface area contributed by atoms with Crippen LogP contribution in [-0.2, 0) is 11.2 Å². The smallest absolute Gasteiger partial charge is 0.177 e. The average Bonchev–Trinajstić information content (AvgIpc) is 2.54. The number of Topliss-reactive ketones (excluding diaryl/α,β-unsaturated/α-hetero) is 1. The number of pyridine rings is 1. The number of carbonyl (C=O) groups excluding carboxylic acids is 1. The van der Waals surface area contributed by atoms with E-state index in [1.54, 1.807) is 19.5 Å². The Morgan fingerprint density at radius 1 is 1.29 bits per heavy atom. The van der Waals surface area contributed by atoms with Gasteiger partial charge in [-0.15, -0.1) is 0 Å². The highest BCUT2D eigenvalue weighted by Crippen LogP contribution is 2.40. The molecule has 2 heterocycles. The van der Waals surface area contributed by atoms with Gasteiger partial charge in [0.1, 0.15) is 18.1 Å². The SMILES string of the molecule is COc1cncc2c1[C@H](CCc1ccccc1)C(=O)CO2. The van der Waals surface area contributed by atoms with E-state index in [1.807, 2.05) is 18.2 Å². The lowest BCUT2D eigenvalue weighted by Crippen LogP contribution is -2.27. The van der Waals surface area contributed by atoms with Gasteiger partial charge in [0.25, 0.3) is 0 Å². The Balaban J connectivity index is 1.87. The summed E-state index contributed by atoms with van der Waals surface area (Å²) >= 11 is 0. The molecule has 1 aromatic carbocycles. The molecule has 0 N–H and O–H groups in total. The first kappa shape index (κ1) is 13.6. The molecule has 0 bridgehead atoms. The number of carbonyl (C=O) groups is 1. The maximum absolute atomic E-state index is 12.2. The first-order valence-corrected chi connectivity index (χ1v) is 7.01. The molecule has 2 aromatic rings. The molecule has 1 aromatic heterocycles. The van der Waals surface area contributed by atoms with Crippen LogP contribution in [0.25, 0.3) is 0 Å². The van der Waals surface area contributed by atoms with Gasteiger partial charge in [0.15, 0.2) is 5.78 Å². The minimum Gasteiger partial charge on any atom is -0.495 e. The van der Waals surface area contributed by atoms with Crippen LogP contribution < -0.4 is 9.47 Å². The average molecular weight is 283 g/mol. The minimum atomic E-state index is -0.188. The third kappa shape index (κ3) is 2.75. The maximum atomic E-state index is 12.2. The van der Waals surface area contributed by atoms with E-state index in [2.05, 4.69) is 17.1 Å². The summed E-state index contributed by atoms with van der Waals surface area (Å²) in [5, 5.41) is 0. The van der Waals surface area contributed by atoms with Crippen molar-refractivity contribution in [2.75, 3.05) is 13.7 Å². The second-order valence-corrected chi connectivity index (χ2v) is 5.09. The quantitative estimate of drug-likeness (QED) is 0.865. The van der Waals surface area contributed by atoms with Gasteiger partial charge in [0.05, 0.1) is 25.4 Å². The number of aromatic nitrogens is 1. The molecular formula is C17H17NO3. The zero-order valence-corrected chi connectivity index (χ0v) is 11.9. The Labute approximate surface area is 123 Å². The fourth-order valence-corrected chi connectivity index (χ4v) is 2.73. The number of ether oxygens (including phenoxy) is 2. The molecule has 108 valence electrons. The Morgan fingerprint density at radius 2 is 2.10 bits per heavy atom. The van der Waals surface area contributed by atoms with E-state index < -0.39 is 0 Å². The highest BCUT2D eigenvalue weighted by atomic mass is 16.5. The summed E-state index contributed by atoms with van der Waals surface area (Å²) in [7, 11) is 1.59. The van der Waals surface area contributed by atoms with Gasteiger partial charge < -0.3 is 9.47 Å². The first-order valence-electron chi connectivity index (χ1n) is 7.01. The van der Waals surface area contributed by atoms with Crippen LogP contribution in [0.15, 0.2) is 42.7 Å². The van der Waals surface area contributed by atoms with Gasteiger partial charge in [-0.1, -0.05) is 30.3 Å². The molecule has 1 atom stereocenters. The van der Waals surface area contributed by atoms with Crippen molar-refractivity contribution in [1.29, 1.82) is 0 Å². The zero-order valence-electron chi connectivity index (χ0n) is 11.9. The molecule has 4 nitrogen and oxygen atoms in total. The molecule has 0 saturated heterocycles. The summed E-state index contributed by atoms with van der Waals surface area (Å²) in [4.78, 5) is 16.3. The van der Waals surface area contributed by atoms with Crippen molar-refractivity contribution >= 4 is 5.78 Å². The van der Waals surface area contributed by atoms with Crippen LogP contribution in [0.4, 0.5) is 0 Å². The van der Waals surface area contributed by atoms with E-state index in [4.69, 9.17) is 9.47 Å². The molecule has 1 aliphatic rings. The number of fused-ring (bicyclic) bond motifs is 1. The topological polar surface area (TPSA) is 48.4 Å². The Bertz CT molecular complexity index is 625. The molecule has 0 unspecified atom stereocenters. The summed E-state index contributed by atoms with van der Waals surface area (Å²) < 4.78 is 10.8. The molecule has 0 spiro atoms. The lowest BCUT2D eigenvalue weighted by molar-refractivity contribution is -0.123. The van der Waals surface area contributed by atoms with Crippen LogP contribution in [0.5, 0.6) is 11.5 Å². The van der Waals surface area contributed by atoms with E-state index >= 15 is 0 Å². The molecular weight excluding hydrogens is 266 g/mol. The largest absolute Gasteiger partial charge is 0.495 e. The highest BCUT2D eigenvalue weighted by molar-refractivity contribution is 5.90. The van der Waals surface area contributed by atoms with Gasteiger partial charge in [-0.2, -0.15) is 0 Å². The molecule has 3 rings (SSSR count). The van der Waals surface area contributed by atoms with Crippen molar-refractivity contribution < 1.29 is 14.3 Å². The highest BCUT2D eigenvalue weighted by Gasteiger charge is 2.32. The predicted octanol–water partition coefficient (Wildman–Crippen LogP) is 2.77. The van der Waals surface area contributed by atoms with Gasteiger partial charge in [-0.3, -0.25) is 9.78 Å². The van der Waals surface area contributed by atoms with Crippen LogP contribution in [0.1, 0.15) is 23.5 Å².